The van der Waals surface area contributed by atoms with E-state index in [1.807, 2.05) is 0 Å². The van der Waals surface area contributed by atoms with Crippen molar-refractivity contribution in [1.82, 2.24) is 4.72 Å². The highest BCUT2D eigenvalue weighted by Crippen LogP contribution is 2.34. The summed E-state index contributed by atoms with van der Waals surface area (Å²) in [6.07, 6.45) is 7.28. The number of hydrogen-bond acceptors (Lipinski definition) is 2. The van der Waals surface area contributed by atoms with Gasteiger partial charge in [0.15, 0.2) is 0 Å². The summed E-state index contributed by atoms with van der Waals surface area (Å²) in [5.74, 6) is 1.30. The van der Waals surface area contributed by atoms with Crippen LogP contribution in [-0.4, -0.2) is 15.0 Å². The molecule has 0 amide bonds. The molecule has 108 valence electrons. The van der Waals surface area contributed by atoms with Crippen molar-refractivity contribution in [3.63, 3.8) is 0 Å². The highest BCUT2D eigenvalue weighted by atomic mass is 32.2. The standard InChI is InChI=1S/C13H28N2O2S/c1-13(2,3)9-8-11-4-6-12(7-5-11)10-15-18(14,16)17/h11-12,15H,4-10H2,1-3H3,(H2,14,16,17). The number of rotatable bonds is 5. The maximum atomic E-state index is 10.8. The zero-order valence-electron chi connectivity index (χ0n) is 11.9. The molecule has 3 N–H and O–H groups in total. The van der Waals surface area contributed by atoms with Crippen molar-refractivity contribution in [2.75, 3.05) is 6.54 Å². The average molecular weight is 276 g/mol. The van der Waals surface area contributed by atoms with Gasteiger partial charge >= 0.3 is 0 Å². The van der Waals surface area contributed by atoms with Gasteiger partial charge in [0.2, 0.25) is 0 Å². The Morgan fingerprint density at radius 3 is 2.06 bits per heavy atom. The minimum atomic E-state index is -3.52. The van der Waals surface area contributed by atoms with Crippen LogP contribution in [0.2, 0.25) is 0 Å². The lowest BCUT2D eigenvalue weighted by Crippen LogP contribution is -2.35. The van der Waals surface area contributed by atoms with Crippen molar-refractivity contribution in [1.29, 1.82) is 0 Å². The summed E-state index contributed by atoms with van der Waals surface area (Å²) in [5.41, 5.74) is 0.423. The average Bonchev–Trinajstić information content (AvgIpc) is 2.23. The molecule has 0 aliphatic heterocycles. The molecule has 0 bridgehead atoms. The van der Waals surface area contributed by atoms with Crippen molar-refractivity contribution in [2.24, 2.45) is 22.4 Å². The van der Waals surface area contributed by atoms with Crippen molar-refractivity contribution < 1.29 is 8.42 Å². The zero-order valence-corrected chi connectivity index (χ0v) is 12.7. The van der Waals surface area contributed by atoms with Crippen molar-refractivity contribution >= 4 is 10.2 Å². The first kappa shape index (κ1) is 15.9. The third-order valence-electron chi connectivity index (χ3n) is 3.84. The predicted molar refractivity (Wildman–Crippen MR) is 75.2 cm³/mol. The van der Waals surface area contributed by atoms with E-state index >= 15 is 0 Å². The van der Waals surface area contributed by atoms with Gasteiger partial charge in [-0.05, 0) is 42.9 Å². The summed E-state index contributed by atoms with van der Waals surface area (Å²) in [5, 5.41) is 4.94. The van der Waals surface area contributed by atoms with E-state index in [1.165, 1.54) is 25.7 Å². The van der Waals surface area contributed by atoms with E-state index < -0.39 is 10.2 Å². The maximum Gasteiger partial charge on any atom is 0.274 e. The lowest BCUT2D eigenvalue weighted by Gasteiger charge is -2.30. The topological polar surface area (TPSA) is 72.2 Å². The molecular weight excluding hydrogens is 248 g/mol. The molecule has 1 aliphatic carbocycles. The fraction of sp³-hybridized carbons (Fsp3) is 1.00. The van der Waals surface area contributed by atoms with Crippen LogP contribution in [0.1, 0.15) is 59.3 Å². The van der Waals surface area contributed by atoms with Crippen LogP contribution >= 0.6 is 0 Å². The Hall–Kier alpha value is -0.130. The summed E-state index contributed by atoms with van der Waals surface area (Å²) < 4.78 is 24.0. The van der Waals surface area contributed by atoms with E-state index in [-0.39, 0.29) is 0 Å². The first-order chi connectivity index (χ1) is 8.16. The largest absolute Gasteiger partial charge is 0.274 e. The van der Waals surface area contributed by atoms with Gasteiger partial charge in [-0.1, -0.05) is 33.6 Å². The lowest BCUT2D eigenvalue weighted by atomic mass is 9.77. The SMILES string of the molecule is CC(C)(C)CCC1CCC(CNS(N)(=O)=O)CC1. The first-order valence-electron chi connectivity index (χ1n) is 6.93. The smallest absolute Gasteiger partial charge is 0.216 e. The van der Waals surface area contributed by atoms with E-state index in [2.05, 4.69) is 25.5 Å². The Labute approximate surface area is 112 Å². The van der Waals surface area contributed by atoms with Crippen LogP contribution < -0.4 is 9.86 Å². The van der Waals surface area contributed by atoms with E-state index in [9.17, 15) is 8.42 Å². The molecule has 0 aromatic heterocycles. The molecule has 0 radical (unpaired) electrons. The van der Waals surface area contributed by atoms with Crippen LogP contribution in [-0.2, 0) is 10.2 Å². The van der Waals surface area contributed by atoms with Crippen molar-refractivity contribution in [3.8, 4) is 0 Å². The van der Waals surface area contributed by atoms with E-state index in [1.54, 1.807) is 0 Å². The lowest BCUT2D eigenvalue weighted by molar-refractivity contribution is 0.233. The molecule has 0 unspecified atom stereocenters. The van der Waals surface area contributed by atoms with Gasteiger partial charge in [-0.2, -0.15) is 8.42 Å². The van der Waals surface area contributed by atoms with Gasteiger partial charge in [0.05, 0.1) is 0 Å². The molecular formula is C13H28N2O2S. The molecule has 1 saturated carbocycles. The van der Waals surface area contributed by atoms with Crippen molar-refractivity contribution in [3.05, 3.63) is 0 Å². The molecule has 0 atom stereocenters. The van der Waals surface area contributed by atoms with E-state index in [4.69, 9.17) is 5.14 Å². The normalized spacial score (nSPS) is 26.2. The summed E-state index contributed by atoms with van der Waals surface area (Å²) in [6, 6.07) is 0. The van der Waals surface area contributed by atoms with Gasteiger partial charge in [-0.25, -0.2) is 9.86 Å². The van der Waals surface area contributed by atoms with Gasteiger partial charge in [-0.3, -0.25) is 0 Å². The highest BCUT2D eigenvalue weighted by molar-refractivity contribution is 7.87. The molecule has 0 spiro atoms. The molecule has 1 rings (SSSR count). The second-order valence-corrected chi connectivity index (χ2v) is 8.26. The van der Waals surface area contributed by atoms with Crippen LogP contribution in [0.4, 0.5) is 0 Å². The van der Waals surface area contributed by atoms with Crippen LogP contribution in [0.5, 0.6) is 0 Å². The number of nitrogens with two attached hydrogens (primary N) is 1. The van der Waals surface area contributed by atoms with Crippen LogP contribution in [0, 0.1) is 17.3 Å². The molecule has 1 aliphatic rings. The maximum absolute atomic E-state index is 10.8. The van der Waals surface area contributed by atoms with Crippen LogP contribution in [0.25, 0.3) is 0 Å². The highest BCUT2D eigenvalue weighted by Gasteiger charge is 2.23. The van der Waals surface area contributed by atoms with Gasteiger partial charge in [0.1, 0.15) is 0 Å². The Bertz CT molecular complexity index is 338. The third-order valence-corrected chi connectivity index (χ3v) is 4.41. The minimum absolute atomic E-state index is 0.423. The Morgan fingerprint density at radius 1 is 1.11 bits per heavy atom. The predicted octanol–water partition coefficient (Wildman–Crippen LogP) is 2.41. The van der Waals surface area contributed by atoms with E-state index in [0.717, 1.165) is 18.8 Å². The molecule has 0 aromatic carbocycles. The monoisotopic (exact) mass is 276 g/mol. The Balaban J connectivity index is 2.21. The first-order valence-corrected chi connectivity index (χ1v) is 8.48. The molecule has 0 saturated heterocycles. The van der Waals surface area contributed by atoms with E-state index in [0.29, 0.717) is 17.9 Å². The van der Waals surface area contributed by atoms with Crippen LogP contribution in [0.3, 0.4) is 0 Å². The molecule has 0 heterocycles. The second kappa shape index (κ2) is 6.35. The summed E-state index contributed by atoms with van der Waals surface area (Å²) in [7, 11) is -3.52. The summed E-state index contributed by atoms with van der Waals surface area (Å²) in [6.45, 7) is 7.36. The summed E-state index contributed by atoms with van der Waals surface area (Å²) in [4.78, 5) is 0. The van der Waals surface area contributed by atoms with Gasteiger partial charge in [-0.15, -0.1) is 0 Å². The minimum Gasteiger partial charge on any atom is -0.216 e. The van der Waals surface area contributed by atoms with Gasteiger partial charge in [0, 0.05) is 6.54 Å². The second-order valence-electron chi connectivity index (χ2n) is 6.88. The molecule has 4 nitrogen and oxygen atoms in total. The zero-order chi connectivity index (χ0) is 13.8. The molecule has 1 fully saturated rings. The van der Waals surface area contributed by atoms with Gasteiger partial charge < -0.3 is 0 Å². The Kier molecular flexibility index (Phi) is 5.62. The van der Waals surface area contributed by atoms with Gasteiger partial charge in [0.25, 0.3) is 10.2 Å². The quantitative estimate of drug-likeness (QED) is 0.809. The fourth-order valence-electron chi connectivity index (χ4n) is 2.60. The fourth-order valence-corrected chi connectivity index (χ4v) is 3.06. The van der Waals surface area contributed by atoms with Crippen molar-refractivity contribution in [2.45, 2.75) is 59.3 Å². The molecule has 18 heavy (non-hydrogen) atoms. The van der Waals surface area contributed by atoms with Crippen LogP contribution in [0.15, 0.2) is 0 Å². The Morgan fingerprint density at radius 2 is 1.61 bits per heavy atom. The molecule has 0 aromatic rings. The number of hydrogen-bond donors (Lipinski definition) is 2. The third kappa shape index (κ3) is 7.34. The summed E-state index contributed by atoms with van der Waals surface area (Å²) >= 11 is 0. The molecule has 5 heteroatoms. The number of nitrogens with one attached hydrogen (secondary N) is 1.